The third-order valence-corrected chi connectivity index (χ3v) is 5.84. The first-order valence-electron chi connectivity index (χ1n) is 8.68. The van der Waals surface area contributed by atoms with Gasteiger partial charge in [-0.1, -0.05) is 30.0 Å². The van der Waals surface area contributed by atoms with Gasteiger partial charge >= 0.3 is 5.97 Å². The molecular formula is C20H16N2O5S. The number of hydrogen-bond acceptors (Lipinski definition) is 6. The van der Waals surface area contributed by atoms with Gasteiger partial charge in [0.15, 0.2) is 0 Å². The van der Waals surface area contributed by atoms with E-state index in [9.17, 15) is 19.7 Å². The van der Waals surface area contributed by atoms with Crippen LogP contribution in [0.15, 0.2) is 70.5 Å². The zero-order valence-electron chi connectivity index (χ0n) is 14.7. The van der Waals surface area contributed by atoms with Crippen molar-refractivity contribution in [1.29, 1.82) is 0 Å². The summed E-state index contributed by atoms with van der Waals surface area (Å²) in [6, 6.07) is 14.8. The molecule has 1 amide bonds. The van der Waals surface area contributed by atoms with Crippen LogP contribution in [0.4, 0.5) is 5.69 Å². The molecule has 0 aliphatic carbocycles. The highest BCUT2D eigenvalue weighted by Gasteiger charge is 2.50. The summed E-state index contributed by atoms with van der Waals surface area (Å²) in [7, 11) is 0. The van der Waals surface area contributed by atoms with Gasteiger partial charge in [-0.15, -0.1) is 0 Å². The van der Waals surface area contributed by atoms with Gasteiger partial charge in [0.05, 0.1) is 17.4 Å². The lowest BCUT2D eigenvalue weighted by Gasteiger charge is -2.39. The number of amides is 1. The fourth-order valence-corrected chi connectivity index (χ4v) is 4.32. The van der Waals surface area contributed by atoms with E-state index in [0.717, 1.165) is 9.80 Å². The Balaban J connectivity index is 1.42. The second-order valence-electron chi connectivity index (χ2n) is 6.48. The molecule has 0 radical (unpaired) electrons. The summed E-state index contributed by atoms with van der Waals surface area (Å²) >= 11 is 1.55. The molecule has 2 aliphatic rings. The zero-order valence-corrected chi connectivity index (χ0v) is 15.5. The highest BCUT2D eigenvalue weighted by Crippen LogP contribution is 2.43. The predicted octanol–water partition coefficient (Wildman–Crippen LogP) is 3.30. The van der Waals surface area contributed by atoms with Crippen molar-refractivity contribution in [1.82, 2.24) is 4.90 Å². The lowest BCUT2D eigenvalue weighted by atomic mass is 10.0. The van der Waals surface area contributed by atoms with Crippen molar-refractivity contribution in [3.05, 3.63) is 81.3 Å². The summed E-state index contributed by atoms with van der Waals surface area (Å²) in [6.45, 7) is -0.00493. The molecule has 0 spiro atoms. The lowest BCUT2D eigenvalue weighted by Crippen LogP contribution is -2.56. The highest BCUT2D eigenvalue weighted by molar-refractivity contribution is 8.03. The van der Waals surface area contributed by atoms with Crippen molar-refractivity contribution < 1.29 is 19.2 Å². The number of non-ortho nitro benzene ring substituents is 1. The SMILES string of the molecule is O=C(OCc1ccc([N+](=O)[O-])cc1)[C@H]1C=C(Sc2ccccc2)[C@@H]2CC(=O)N12. The van der Waals surface area contributed by atoms with Gasteiger partial charge < -0.3 is 9.64 Å². The number of thioether (sulfide) groups is 1. The van der Waals surface area contributed by atoms with E-state index in [1.807, 2.05) is 30.3 Å². The van der Waals surface area contributed by atoms with Crippen molar-refractivity contribution in [2.24, 2.45) is 0 Å². The van der Waals surface area contributed by atoms with Crippen LogP contribution >= 0.6 is 11.8 Å². The smallest absolute Gasteiger partial charge is 0.333 e. The maximum absolute atomic E-state index is 12.5. The number of carbonyl (C=O) groups excluding carboxylic acids is 2. The Morgan fingerprint density at radius 2 is 1.89 bits per heavy atom. The van der Waals surface area contributed by atoms with Gasteiger partial charge in [-0.3, -0.25) is 14.9 Å². The molecule has 1 saturated heterocycles. The number of carbonyl (C=O) groups is 2. The van der Waals surface area contributed by atoms with Crippen LogP contribution in [0.1, 0.15) is 12.0 Å². The summed E-state index contributed by atoms with van der Waals surface area (Å²) in [4.78, 5) is 38.4. The van der Waals surface area contributed by atoms with E-state index in [2.05, 4.69) is 0 Å². The Bertz CT molecular complexity index is 958. The molecule has 2 aliphatic heterocycles. The minimum atomic E-state index is -0.726. The molecule has 142 valence electrons. The molecule has 2 aromatic carbocycles. The van der Waals surface area contributed by atoms with E-state index in [4.69, 9.17) is 4.74 Å². The Kier molecular flexibility index (Phi) is 4.87. The number of benzene rings is 2. The molecule has 0 aromatic heterocycles. The summed E-state index contributed by atoms with van der Waals surface area (Å²) in [6.07, 6.45) is 2.20. The van der Waals surface area contributed by atoms with Crippen LogP contribution in [0.3, 0.4) is 0 Å². The monoisotopic (exact) mass is 396 g/mol. The van der Waals surface area contributed by atoms with E-state index < -0.39 is 16.9 Å². The number of hydrogen-bond donors (Lipinski definition) is 0. The average molecular weight is 396 g/mol. The van der Waals surface area contributed by atoms with E-state index in [1.54, 1.807) is 34.9 Å². The first-order chi connectivity index (χ1) is 13.5. The Morgan fingerprint density at radius 3 is 2.54 bits per heavy atom. The summed E-state index contributed by atoms with van der Waals surface area (Å²) in [5.74, 6) is -0.567. The second-order valence-corrected chi connectivity index (χ2v) is 7.63. The number of β-lactam (4-membered cyclic amide) rings is 1. The van der Waals surface area contributed by atoms with Crippen LogP contribution in [-0.4, -0.2) is 33.8 Å². The summed E-state index contributed by atoms with van der Waals surface area (Å²) in [5, 5.41) is 10.7. The molecular weight excluding hydrogens is 380 g/mol. The van der Waals surface area contributed by atoms with E-state index >= 15 is 0 Å². The van der Waals surface area contributed by atoms with Crippen molar-refractivity contribution in [3.63, 3.8) is 0 Å². The van der Waals surface area contributed by atoms with Gasteiger partial charge in [-0.2, -0.15) is 0 Å². The number of rotatable bonds is 6. The molecule has 1 fully saturated rings. The number of nitro benzene ring substituents is 1. The molecule has 2 atom stereocenters. The summed E-state index contributed by atoms with van der Waals surface area (Å²) < 4.78 is 5.36. The largest absolute Gasteiger partial charge is 0.459 e. The van der Waals surface area contributed by atoms with Crippen LogP contribution in [0.2, 0.25) is 0 Å². The number of ether oxygens (including phenoxy) is 1. The first kappa shape index (κ1) is 18.2. The van der Waals surface area contributed by atoms with Crippen LogP contribution < -0.4 is 0 Å². The van der Waals surface area contributed by atoms with Gasteiger partial charge in [0.25, 0.3) is 5.69 Å². The number of fused-ring (bicyclic) bond motifs is 1. The molecule has 2 aromatic rings. The van der Waals surface area contributed by atoms with E-state index in [-0.39, 0.29) is 24.2 Å². The van der Waals surface area contributed by atoms with Crippen molar-refractivity contribution in [2.75, 3.05) is 0 Å². The second kappa shape index (κ2) is 7.47. The molecule has 0 unspecified atom stereocenters. The maximum Gasteiger partial charge on any atom is 0.333 e. The highest BCUT2D eigenvalue weighted by atomic mass is 32.2. The molecule has 8 heteroatoms. The quantitative estimate of drug-likeness (QED) is 0.322. The van der Waals surface area contributed by atoms with Crippen LogP contribution in [0.5, 0.6) is 0 Å². The van der Waals surface area contributed by atoms with Gasteiger partial charge in [0, 0.05) is 21.9 Å². The van der Waals surface area contributed by atoms with Crippen molar-refractivity contribution in [3.8, 4) is 0 Å². The van der Waals surface area contributed by atoms with Crippen LogP contribution in [0.25, 0.3) is 0 Å². The Hall–Kier alpha value is -3.13. The topological polar surface area (TPSA) is 89.7 Å². The Labute approximate surface area is 165 Å². The zero-order chi connectivity index (χ0) is 19.7. The fourth-order valence-electron chi connectivity index (χ4n) is 3.23. The third kappa shape index (κ3) is 3.50. The molecule has 4 rings (SSSR count). The molecule has 2 heterocycles. The molecule has 0 saturated carbocycles. The maximum atomic E-state index is 12.5. The minimum Gasteiger partial charge on any atom is -0.459 e. The lowest BCUT2D eigenvalue weighted by molar-refractivity contribution is -0.384. The average Bonchev–Trinajstić information content (AvgIpc) is 2.99. The summed E-state index contributed by atoms with van der Waals surface area (Å²) in [5.41, 5.74) is 0.622. The van der Waals surface area contributed by atoms with Gasteiger partial charge in [-0.05, 0) is 35.9 Å². The minimum absolute atomic E-state index is 0.00493. The van der Waals surface area contributed by atoms with Crippen molar-refractivity contribution >= 4 is 29.3 Å². The molecule has 28 heavy (non-hydrogen) atoms. The molecule has 0 N–H and O–H groups in total. The fraction of sp³-hybridized carbons (Fsp3) is 0.200. The number of nitro groups is 1. The van der Waals surface area contributed by atoms with Gasteiger partial charge in [0.2, 0.25) is 5.91 Å². The molecule has 0 bridgehead atoms. The van der Waals surface area contributed by atoms with Gasteiger partial charge in [-0.25, -0.2) is 4.79 Å². The number of esters is 1. The predicted molar refractivity (Wildman–Crippen MR) is 102 cm³/mol. The first-order valence-corrected chi connectivity index (χ1v) is 9.50. The van der Waals surface area contributed by atoms with E-state index in [0.29, 0.717) is 12.0 Å². The van der Waals surface area contributed by atoms with Gasteiger partial charge in [0.1, 0.15) is 12.6 Å². The van der Waals surface area contributed by atoms with Crippen LogP contribution in [-0.2, 0) is 20.9 Å². The standard InChI is InChI=1S/C20H16N2O5S/c23-19-11-16-18(28-15-4-2-1-3-5-15)10-17(21(16)19)20(24)27-12-13-6-8-14(9-7-13)22(25)26/h1-10,16-17H,11-12H2/t16-,17+/m0/s1. The molecule has 7 nitrogen and oxygen atoms in total. The van der Waals surface area contributed by atoms with E-state index in [1.165, 1.54) is 12.1 Å². The Morgan fingerprint density at radius 1 is 1.18 bits per heavy atom. The van der Waals surface area contributed by atoms with Crippen LogP contribution in [0, 0.1) is 10.1 Å². The number of nitrogens with zero attached hydrogens (tertiary/aromatic N) is 2. The third-order valence-electron chi connectivity index (χ3n) is 4.69. The van der Waals surface area contributed by atoms with Crippen molar-refractivity contribution in [2.45, 2.75) is 30.0 Å². The normalized spacial score (nSPS) is 20.2.